The van der Waals surface area contributed by atoms with Gasteiger partial charge in [-0.05, 0) is 32.4 Å². The highest BCUT2D eigenvalue weighted by Crippen LogP contribution is 2.36. The Bertz CT molecular complexity index is 668. The third-order valence-electron chi connectivity index (χ3n) is 4.30. The first-order valence-corrected chi connectivity index (χ1v) is 9.55. The van der Waals surface area contributed by atoms with Crippen LogP contribution in [0.25, 0.3) is 0 Å². The number of hydrogen-bond donors (Lipinski definition) is 0. The van der Waals surface area contributed by atoms with Crippen molar-refractivity contribution in [3.8, 4) is 11.5 Å². The molecule has 1 fully saturated rings. The number of rotatable bonds is 7. The minimum absolute atomic E-state index is 0.115. The second-order valence-corrected chi connectivity index (χ2v) is 6.56. The van der Waals surface area contributed by atoms with E-state index in [9.17, 15) is 9.59 Å². The van der Waals surface area contributed by atoms with Gasteiger partial charge in [-0.15, -0.1) is 0 Å². The van der Waals surface area contributed by atoms with Gasteiger partial charge >= 0.3 is 5.97 Å². The maximum Gasteiger partial charge on any atom is 0.320 e. The highest BCUT2D eigenvalue weighted by molar-refractivity contribution is 6.32. The fourth-order valence-electron chi connectivity index (χ4n) is 3.03. The maximum atomic E-state index is 12.9. The number of ether oxygens (including phenoxy) is 3. The second kappa shape index (κ2) is 10.4. The van der Waals surface area contributed by atoms with Gasteiger partial charge in [-0.3, -0.25) is 14.5 Å². The molecule has 1 aromatic rings. The summed E-state index contributed by atoms with van der Waals surface area (Å²) in [6, 6.07) is 3.26. The van der Waals surface area contributed by atoms with Crippen LogP contribution in [0.3, 0.4) is 0 Å². The first-order chi connectivity index (χ1) is 13.0. The average molecular weight is 399 g/mol. The molecule has 0 aliphatic carbocycles. The lowest BCUT2D eigenvalue weighted by Gasteiger charge is -2.22. The summed E-state index contributed by atoms with van der Waals surface area (Å²) >= 11 is 6.28. The smallest absolute Gasteiger partial charge is 0.320 e. The number of nitrogens with zero attached hydrogens (tertiary/aromatic N) is 2. The lowest BCUT2D eigenvalue weighted by Crippen LogP contribution is -2.37. The number of carbonyl (C=O) groups is 2. The van der Waals surface area contributed by atoms with Crippen LogP contribution in [-0.2, 0) is 9.53 Å². The van der Waals surface area contributed by atoms with Crippen molar-refractivity contribution in [1.29, 1.82) is 0 Å². The van der Waals surface area contributed by atoms with Gasteiger partial charge in [0.15, 0.2) is 11.5 Å². The second-order valence-electron chi connectivity index (χ2n) is 6.15. The molecule has 150 valence electrons. The molecule has 8 heteroatoms. The van der Waals surface area contributed by atoms with Crippen molar-refractivity contribution in [2.24, 2.45) is 0 Å². The Hall–Kier alpha value is -1.99. The zero-order valence-electron chi connectivity index (χ0n) is 16.1. The molecule has 1 amide bonds. The summed E-state index contributed by atoms with van der Waals surface area (Å²) in [6.45, 7) is 7.23. The van der Waals surface area contributed by atoms with Crippen molar-refractivity contribution < 1.29 is 23.8 Å². The standard InChI is InChI=1S/C19H27ClN2O5/c1-4-26-17(23)13-21-7-6-8-22(10-9-21)19(24)14-11-15(20)18(27-5-2)16(12-14)25-3/h11-12H,4-10,13H2,1-3H3. The number of amides is 1. The summed E-state index contributed by atoms with van der Waals surface area (Å²) in [6.07, 6.45) is 0.785. The van der Waals surface area contributed by atoms with Gasteiger partial charge in [0.25, 0.3) is 5.91 Å². The van der Waals surface area contributed by atoms with Crippen molar-refractivity contribution in [3.63, 3.8) is 0 Å². The van der Waals surface area contributed by atoms with Gasteiger partial charge in [-0.2, -0.15) is 0 Å². The number of carbonyl (C=O) groups excluding carboxylic acids is 2. The predicted octanol–water partition coefficient (Wildman–Crippen LogP) is 2.46. The Morgan fingerprint density at radius 3 is 2.56 bits per heavy atom. The van der Waals surface area contributed by atoms with Crippen molar-refractivity contribution in [3.05, 3.63) is 22.7 Å². The van der Waals surface area contributed by atoms with Crippen molar-refractivity contribution >= 4 is 23.5 Å². The van der Waals surface area contributed by atoms with E-state index < -0.39 is 0 Å². The van der Waals surface area contributed by atoms with E-state index in [0.29, 0.717) is 54.9 Å². The number of methoxy groups -OCH3 is 1. The van der Waals surface area contributed by atoms with Crippen LogP contribution in [0, 0.1) is 0 Å². The van der Waals surface area contributed by atoms with Crippen LogP contribution in [0.4, 0.5) is 0 Å². The molecule has 1 heterocycles. The largest absolute Gasteiger partial charge is 0.493 e. The monoisotopic (exact) mass is 398 g/mol. The Morgan fingerprint density at radius 1 is 1.11 bits per heavy atom. The quantitative estimate of drug-likeness (QED) is 0.657. The Labute approximate surface area is 165 Å². The summed E-state index contributed by atoms with van der Waals surface area (Å²) < 4.78 is 15.8. The molecule has 27 heavy (non-hydrogen) atoms. The zero-order valence-corrected chi connectivity index (χ0v) is 16.9. The van der Waals surface area contributed by atoms with Crippen LogP contribution in [0.15, 0.2) is 12.1 Å². The van der Waals surface area contributed by atoms with Gasteiger partial charge in [0.1, 0.15) is 0 Å². The molecule has 1 saturated heterocycles. The van der Waals surface area contributed by atoms with Gasteiger partial charge in [-0.25, -0.2) is 0 Å². The maximum absolute atomic E-state index is 12.9. The minimum Gasteiger partial charge on any atom is -0.493 e. The van der Waals surface area contributed by atoms with Crippen LogP contribution in [-0.4, -0.2) is 74.7 Å². The van der Waals surface area contributed by atoms with Crippen LogP contribution < -0.4 is 9.47 Å². The Morgan fingerprint density at radius 2 is 1.89 bits per heavy atom. The lowest BCUT2D eigenvalue weighted by molar-refractivity contribution is -0.144. The van der Waals surface area contributed by atoms with Crippen molar-refractivity contribution in [2.75, 3.05) is 53.0 Å². The molecule has 0 spiro atoms. The van der Waals surface area contributed by atoms with Crippen LogP contribution >= 0.6 is 11.6 Å². The Kier molecular flexibility index (Phi) is 8.19. The third-order valence-corrected chi connectivity index (χ3v) is 4.58. The molecular weight excluding hydrogens is 372 g/mol. The van der Waals surface area contributed by atoms with Crippen LogP contribution in [0.5, 0.6) is 11.5 Å². The van der Waals surface area contributed by atoms with E-state index >= 15 is 0 Å². The van der Waals surface area contributed by atoms with E-state index in [-0.39, 0.29) is 18.4 Å². The van der Waals surface area contributed by atoms with E-state index in [1.54, 1.807) is 24.0 Å². The Balaban J connectivity index is 2.07. The normalized spacial score (nSPS) is 15.2. The van der Waals surface area contributed by atoms with E-state index in [1.165, 1.54) is 7.11 Å². The molecule has 0 bridgehead atoms. The summed E-state index contributed by atoms with van der Waals surface area (Å²) in [4.78, 5) is 28.4. The first kappa shape index (κ1) is 21.3. The topological polar surface area (TPSA) is 68.3 Å². The zero-order chi connectivity index (χ0) is 19.8. The molecule has 0 saturated carbocycles. The lowest BCUT2D eigenvalue weighted by atomic mass is 10.1. The van der Waals surface area contributed by atoms with Crippen molar-refractivity contribution in [1.82, 2.24) is 9.80 Å². The summed E-state index contributed by atoms with van der Waals surface area (Å²) in [5.41, 5.74) is 0.458. The van der Waals surface area contributed by atoms with Gasteiger partial charge in [0.2, 0.25) is 0 Å². The molecule has 1 aromatic carbocycles. The number of esters is 1. The highest BCUT2D eigenvalue weighted by atomic mass is 35.5. The molecule has 1 aliphatic heterocycles. The number of halogens is 1. The fourth-order valence-corrected chi connectivity index (χ4v) is 3.30. The SMILES string of the molecule is CCOC(=O)CN1CCCN(C(=O)c2cc(Cl)c(OCC)c(OC)c2)CC1. The third kappa shape index (κ3) is 5.74. The van der Waals surface area contributed by atoms with Gasteiger partial charge in [0.05, 0.1) is 31.9 Å². The van der Waals surface area contributed by atoms with E-state index in [1.807, 2.05) is 11.8 Å². The fraction of sp³-hybridized carbons (Fsp3) is 0.579. The highest BCUT2D eigenvalue weighted by Gasteiger charge is 2.23. The molecule has 0 N–H and O–H groups in total. The molecule has 0 atom stereocenters. The average Bonchev–Trinajstić information content (AvgIpc) is 2.88. The molecule has 1 aliphatic rings. The molecule has 0 radical (unpaired) electrons. The molecule has 7 nitrogen and oxygen atoms in total. The minimum atomic E-state index is -0.236. The summed E-state index contributed by atoms with van der Waals surface area (Å²) in [7, 11) is 1.52. The molecule has 0 unspecified atom stereocenters. The number of hydrogen-bond acceptors (Lipinski definition) is 6. The van der Waals surface area contributed by atoms with Gasteiger partial charge in [-0.1, -0.05) is 11.6 Å². The number of benzene rings is 1. The van der Waals surface area contributed by atoms with Crippen molar-refractivity contribution in [2.45, 2.75) is 20.3 Å². The first-order valence-electron chi connectivity index (χ1n) is 9.17. The summed E-state index contributed by atoms with van der Waals surface area (Å²) in [5.74, 6) is 0.526. The van der Waals surface area contributed by atoms with Crippen LogP contribution in [0.1, 0.15) is 30.6 Å². The van der Waals surface area contributed by atoms with Crippen LogP contribution in [0.2, 0.25) is 5.02 Å². The molecule has 0 aromatic heterocycles. The predicted molar refractivity (Wildman–Crippen MR) is 103 cm³/mol. The van der Waals surface area contributed by atoms with E-state index in [0.717, 1.165) is 13.0 Å². The van der Waals surface area contributed by atoms with E-state index in [2.05, 4.69) is 0 Å². The molecular formula is C19H27ClN2O5. The summed E-state index contributed by atoms with van der Waals surface area (Å²) in [5, 5.41) is 0.346. The van der Waals surface area contributed by atoms with Gasteiger partial charge < -0.3 is 19.1 Å². The molecule has 2 rings (SSSR count). The van der Waals surface area contributed by atoms with Gasteiger partial charge in [0, 0.05) is 31.7 Å². The van der Waals surface area contributed by atoms with E-state index in [4.69, 9.17) is 25.8 Å².